The van der Waals surface area contributed by atoms with Gasteiger partial charge >= 0.3 is 5.97 Å². The van der Waals surface area contributed by atoms with E-state index >= 15 is 0 Å². The van der Waals surface area contributed by atoms with Crippen molar-refractivity contribution in [3.63, 3.8) is 0 Å². The third kappa shape index (κ3) is 1.85. The first-order valence-electron chi connectivity index (χ1n) is 5.64. The van der Waals surface area contributed by atoms with Crippen LogP contribution in [0.5, 0.6) is 0 Å². The van der Waals surface area contributed by atoms with Crippen molar-refractivity contribution in [3.05, 3.63) is 33.8 Å². The Hall–Kier alpha value is -2.06. The maximum absolute atomic E-state index is 12.3. The molecule has 0 radical (unpaired) electrons. The number of nitrogens with zero attached hydrogens (tertiary/aromatic N) is 2. The summed E-state index contributed by atoms with van der Waals surface area (Å²) in [6.07, 6.45) is 0. The van der Waals surface area contributed by atoms with Gasteiger partial charge in [0.1, 0.15) is 12.1 Å². The van der Waals surface area contributed by atoms with Crippen LogP contribution in [-0.4, -0.2) is 27.9 Å². The fourth-order valence-corrected chi connectivity index (χ4v) is 2.42. The number of halogens is 1. The maximum atomic E-state index is 12.3. The van der Waals surface area contributed by atoms with Crippen LogP contribution in [0.4, 0.5) is 0 Å². The van der Waals surface area contributed by atoms with Gasteiger partial charge in [-0.3, -0.25) is 4.79 Å². The number of nitriles is 1. The lowest BCUT2D eigenvalue weighted by Crippen LogP contribution is -2.41. The lowest BCUT2D eigenvalue weighted by atomic mass is 10.0. The van der Waals surface area contributed by atoms with Crippen LogP contribution in [0.2, 0.25) is 5.02 Å². The summed E-state index contributed by atoms with van der Waals surface area (Å²) in [6.45, 7) is 3.07. The summed E-state index contributed by atoms with van der Waals surface area (Å²) < 4.78 is 0. The van der Waals surface area contributed by atoms with E-state index in [0.717, 1.165) is 4.90 Å². The summed E-state index contributed by atoms with van der Waals surface area (Å²) >= 11 is 5.97. The van der Waals surface area contributed by atoms with Gasteiger partial charge in [0.2, 0.25) is 0 Å². The number of fused-ring (bicyclic) bond motifs is 1. The third-order valence-electron chi connectivity index (χ3n) is 3.35. The minimum atomic E-state index is -1.15. The molecule has 0 aromatic heterocycles. The molecule has 6 heteroatoms. The number of carboxylic acids is 1. The van der Waals surface area contributed by atoms with Crippen molar-refractivity contribution in [1.82, 2.24) is 4.90 Å². The van der Waals surface area contributed by atoms with Crippen LogP contribution in [0, 0.1) is 18.3 Å². The second kappa shape index (κ2) is 4.56. The summed E-state index contributed by atoms with van der Waals surface area (Å²) in [6, 6.07) is 3.25. The molecule has 0 fully saturated rings. The highest BCUT2D eigenvalue weighted by molar-refractivity contribution is 6.32. The molecule has 1 aliphatic heterocycles. The van der Waals surface area contributed by atoms with E-state index in [4.69, 9.17) is 16.7 Å². The van der Waals surface area contributed by atoms with E-state index in [2.05, 4.69) is 0 Å². The zero-order chi connectivity index (χ0) is 14.3. The number of carbonyl (C=O) groups excluding carboxylic acids is 1. The molecule has 1 aromatic rings. The quantitative estimate of drug-likeness (QED) is 0.898. The second-order valence-corrected chi connectivity index (χ2v) is 4.80. The van der Waals surface area contributed by atoms with Gasteiger partial charge in [-0.1, -0.05) is 17.7 Å². The molecule has 5 nitrogen and oxygen atoms in total. The van der Waals surface area contributed by atoms with Crippen LogP contribution in [0.3, 0.4) is 0 Å². The first-order valence-corrected chi connectivity index (χ1v) is 6.02. The van der Waals surface area contributed by atoms with Gasteiger partial charge in [-0.15, -0.1) is 0 Å². The molecule has 0 bridgehead atoms. The van der Waals surface area contributed by atoms with Gasteiger partial charge in [0, 0.05) is 10.6 Å². The molecule has 1 amide bonds. The molecule has 2 unspecified atom stereocenters. The van der Waals surface area contributed by atoms with E-state index in [1.54, 1.807) is 19.1 Å². The summed E-state index contributed by atoms with van der Waals surface area (Å²) in [5.74, 6) is -1.61. The Balaban J connectivity index is 2.61. The van der Waals surface area contributed by atoms with Crippen molar-refractivity contribution in [1.29, 1.82) is 5.26 Å². The molecule has 98 valence electrons. The Morgan fingerprint density at radius 2 is 2.21 bits per heavy atom. The number of carbonyl (C=O) groups is 2. The molecule has 1 aromatic carbocycles. The van der Waals surface area contributed by atoms with Gasteiger partial charge in [0.05, 0.1) is 11.6 Å². The van der Waals surface area contributed by atoms with Crippen molar-refractivity contribution in [3.8, 4) is 6.07 Å². The topological polar surface area (TPSA) is 81.4 Å². The first-order chi connectivity index (χ1) is 8.90. The van der Waals surface area contributed by atoms with Gasteiger partial charge in [-0.2, -0.15) is 5.26 Å². The minimum Gasteiger partial charge on any atom is -0.480 e. The molecule has 0 aliphatic carbocycles. The highest BCUT2D eigenvalue weighted by Gasteiger charge is 2.42. The van der Waals surface area contributed by atoms with E-state index < -0.39 is 24.0 Å². The number of hydrogen-bond acceptors (Lipinski definition) is 3. The number of carboxylic acid groups (broad SMARTS) is 1. The van der Waals surface area contributed by atoms with Crippen molar-refractivity contribution in [2.75, 3.05) is 0 Å². The van der Waals surface area contributed by atoms with E-state index in [1.807, 2.05) is 6.07 Å². The highest BCUT2D eigenvalue weighted by atomic mass is 35.5. The lowest BCUT2D eigenvalue weighted by molar-refractivity contribution is -0.142. The molecule has 0 spiro atoms. The lowest BCUT2D eigenvalue weighted by Gasteiger charge is -2.24. The van der Waals surface area contributed by atoms with Crippen LogP contribution in [0.1, 0.15) is 34.5 Å². The normalized spacial score (nSPS) is 18.9. The van der Waals surface area contributed by atoms with E-state index in [1.165, 1.54) is 6.92 Å². The minimum absolute atomic E-state index is 0.340. The van der Waals surface area contributed by atoms with E-state index in [-0.39, 0.29) is 0 Å². The molecule has 19 heavy (non-hydrogen) atoms. The number of aliphatic carboxylic acids is 1. The Bertz CT molecular complexity index is 621. The zero-order valence-electron chi connectivity index (χ0n) is 10.3. The van der Waals surface area contributed by atoms with Crippen molar-refractivity contribution >= 4 is 23.5 Å². The van der Waals surface area contributed by atoms with Crippen molar-refractivity contribution in [2.24, 2.45) is 0 Å². The highest BCUT2D eigenvalue weighted by Crippen LogP contribution is 2.38. The van der Waals surface area contributed by atoms with E-state index in [0.29, 0.717) is 21.7 Å². The summed E-state index contributed by atoms with van der Waals surface area (Å²) in [5, 5.41) is 18.7. The van der Waals surface area contributed by atoms with Crippen LogP contribution < -0.4 is 0 Å². The van der Waals surface area contributed by atoms with Gasteiger partial charge in [-0.05, 0) is 25.5 Å². The SMILES string of the molecule is Cc1c(Cl)ccc2c1C(=O)N(C(C)C(=O)O)C2C#N. The predicted octanol–water partition coefficient (Wildman–Crippen LogP) is 2.14. The molecule has 1 N–H and O–H groups in total. The first kappa shape index (κ1) is 13.4. The number of hydrogen-bond donors (Lipinski definition) is 1. The number of rotatable bonds is 2. The van der Waals surface area contributed by atoms with Gasteiger partial charge in [0.25, 0.3) is 5.91 Å². The van der Waals surface area contributed by atoms with Crippen LogP contribution in [0.25, 0.3) is 0 Å². The summed E-state index contributed by atoms with van der Waals surface area (Å²) in [4.78, 5) is 24.5. The van der Waals surface area contributed by atoms with Crippen LogP contribution in [-0.2, 0) is 4.79 Å². The Morgan fingerprint density at radius 3 is 2.74 bits per heavy atom. The average molecular weight is 279 g/mol. The smallest absolute Gasteiger partial charge is 0.326 e. The Kier molecular flexibility index (Phi) is 3.21. The maximum Gasteiger partial charge on any atom is 0.326 e. The summed E-state index contributed by atoms with van der Waals surface area (Å²) in [5.41, 5.74) is 1.43. The van der Waals surface area contributed by atoms with Crippen molar-refractivity contribution < 1.29 is 14.7 Å². The molecule has 0 saturated carbocycles. The third-order valence-corrected chi connectivity index (χ3v) is 3.76. The van der Waals surface area contributed by atoms with Gasteiger partial charge in [-0.25, -0.2) is 4.79 Å². The molecule has 1 aliphatic rings. The fraction of sp³-hybridized carbons (Fsp3) is 0.308. The molecule has 2 rings (SSSR count). The van der Waals surface area contributed by atoms with Gasteiger partial charge in [0.15, 0.2) is 0 Å². The molecular weight excluding hydrogens is 268 g/mol. The van der Waals surface area contributed by atoms with Crippen LogP contribution in [0.15, 0.2) is 12.1 Å². The molecule has 1 heterocycles. The second-order valence-electron chi connectivity index (χ2n) is 4.39. The van der Waals surface area contributed by atoms with Gasteiger partial charge < -0.3 is 10.0 Å². The molecule has 0 saturated heterocycles. The monoisotopic (exact) mass is 278 g/mol. The molecule has 2 atom stereocenters. The fourth-order valence-electron chi connectivity index (χ4n) is 2.27. The predicted molar refractivity (Wildman–Crippen MR) is 67.8 cm³/mol. The number of amides is 1. The Morgan fingerprint density at radius 1 is 1.58 bits per heavy atom. The number of benzene rings is 1. The largest absolute Gasteiger partial charge is 0.480 e. The van der Waals surface area contributed by atoms with E-state index in [9.17, 15) is 14.9 Å². The average Bonchev–Trinajstić information content (AvgIpc) is 2.65. The zero-order valence-corrected chi connectivity index (χ0v) is 11.1. The van der Waals surface area contributed by atoms with Crippen molar-refractivity contribution in [2.45, 2.75) is 25.9 Å². The summed E-state index contributed by atoms with van der Waals surface area (Å²) in [7, 11) is 0. The standard InChI is InChI=1S/C13H11ClN2O3/c1-6-9(14)4-3-8-10(5-15)16(7(2)13(18)19)12(17)11(6)8/h3-4,7,10H,1-2H3,(H,18,19). The molecular formula is C13H11ClN2O3. The van der Waals surface area contributed by atoms with Crippen LogP contribution >= 0.6 is 11.6 Å². The Labute approximate surface area is 115 Å².